The van der Waals surface area contributed by atoms with E-state index >= 15 is 0 Å². The van der Waals surface area contributed by atoms with E-state index in [0.29, 0.717) is 18.3 Å². The van der Waals surface area contributed by atoms with Crippen LogP contribution in [0.3, 0.4) is 0 Å². The van der Waals surface area contributed by atoms with E-state index < -0.39 is 0 Å². The van der Waals surface area contributed by atoms with Crippen molar-refractivity contribution >= 4 is 11.8 Å². The highest BCUT2D eigenvalue weighted by Crippen LogP contribution is 2.32. The van der Waals surface area contributed by atoms with E-state index in [1.165, 1.54) is 10.5 Å². The predicted octanol–water partition coefficient (Wildman–Crippen LogP) is 4.84. The third kappa shape index (κ3) is 4.09. The van der Waals surface area contributed by atoms with Gasteiger partial charge in [-0.2, -0.15) is 5.26 Å². The Balaban J connectivity index is 2.93. The van der Waals surface area contributed by atoms with Crippen molar-refractivity contribution in [1.29, 1.82) is 5.26 Å². The number of rotatable bonds is 6. The lowest BCUT2D eigenvalue weighted by Gasteiger charge is -2.21. The Kier molecular flexibility index (Phi) is 6.15. The van der Waals surface area contributed by atoms with Crippen molar-refractivity contribution in [3.05, 3.63) is 29.8 Å². The molecule has 0 aliphatic carbocycles. The second-order valence-electron chi connectivity index (χ2n) is 4.36. The Morgan fingerprint density at radius 2 is 2.12 bits per heavy atom. The lowest BCUT2D eigenvalue weighted by Crippen LogP contribution is -2.08. The van der Waals surface area contributed by atoms with Crippen LogP contribution in [0, 0.1) is 17.2 Å². The van der Waals surface area contributed by atoms with Gasteiger partial charge >= 0.3 is 0 Å². The number of benzene rings is 1. The second-order valence-corrected chi connectivity index (χ2v) is 5.70. The summed E-state index contributed by atoms with van der Waals surface area (Å²) in [5, 5.41) is 8.96. The van der Waals surface area contributed by atoms with Crippen molar-refractivity contribution in [2.75, 3.05) is 5.75 Å². The molecule has 17 heavy (non-hydrogen) atoms. The minimum atomic E-state index is 0.377. The highest BCUT2D eigenvalue weighted by atomic mass is 32.2. The third-order valence-electron chi connectivity index (χ3n) is 3.24. The molecule has 0 amide bonds. The number of hydrogen-bond acceptors (Lipinski definition) is 2. The van der Waals surface area contributed by atoms with Crippen LogP contribution in [-0.2, 0) is 0 Å². The maximum absolute atomic E-state index is 8.96. The highest BCUT2D eigenvalue weighted by molar-refractivity contribution is 7.99. The summed E-state index contributed by atoms with van der Waals surface area (Å²) >= 11 is 1.86. The van der Waals surface area contributed by atoms with Gasteiger partial charge in [0.15, 0.2) is 0 Å². The summed E-state index contributed by atoms with van der Waals surface area (Å²) in [6, 6.07) is 11.0. The monoisotopic (exact) mass is 247 g/mol. The maximum Gasteiger partial charge on any atom is 0.0628 e. The molecule has 92 valence electrons. The Labute approximate surface area is 109 Å². The van der Waals surface area contributed by atoms with Gasteiger partial charge in [-0.05, 0) is 35.3 Å². The molecule has 2 heteroatoms. The third-order valence-corrected chi connectivity index (χ3v) is 4.12. The molecule has 0 aliphatic heterocycles. The van der Waals surface area contributed by atoms with Gasteiger partial charge in [-0.3, -0.25) is 0 Å². The summed E-state index contributed by atoms with van der Waals surface area (Å²) in [7, 11) is 0. The predicted molar refractivity (Wildman–Crippen MR) is 75.3 cm³/mol. The van der Waals surface area contributed by atoms with E-state index in [4.69, 9.17) is 5.26 Å². The van der Waals surface area contributed by atoms with Crippen molar-refractivity contribution in [1.82, 2.24) is 0 Å². The zero-order valence-electron chi connectivity index (χ0n) is 10.9. The standard InChI is InChI=1S/C15H21NS/c1-4-12(3)15(9-10-16)13-7-6-8-14(11-13)17-5-2/h6-8,11-12,15H,4-5,9H2,1-3H3. The van der Waals surface area contributed by atoms with Gasteiger partial charge in [-0.25, -0.2) is 0 Å². The molecule has 0 heterocycles. The molecule has 1 aromatic carbocycles. The Bertz CT molecular complexity index is 381. The molecular formula is C15H21NS. The van der Waals surface area contributed by atoms with E-state index in [9.17, 15) is 0 Å². The summed E-state index contributed by atoms with van der Waals surface area (Å²) in [6.07, 6.45) is 1.74. The van der Waals surface area contributed by atoms with Gasteiger partial charge in [0.05, 0.1) is 6.07 Å². The fraction of sp³-hybridized carbons (Fsp3) is 0.533. The smallest absolute Gasteiger partial charge is 0.0628 e. The van der Waals surface area contributed by atoms with Crippen LogP contribution in [0.4, 0.5) is 0 Å². The van der Waals surface area contributed by atoms with Crippen LogP contribution in [0.25, 0.3) is 0 Å². The molecule has 0 aromatic heterocycles. The van der Waals surface area contributed by atoms with Gasteiger partial charge in [0.25, 0.3) is 0 Å². The van der Waals surface area contributed by atoms with Gasteiger partial charge < -0.3 is 0 Å². The Morgan fingerprint density at radius 3 is 2.71 bits per heavy atom. The first-order valence-corrected chi connectivity index (χ1v) is 7.31. The largest absolute Gasteiger partial charge is 0.198 e. The first-order valence-electron chi connectivity index (χ1n) is 6.32. The number of nitriles is 1. The topological polar surface area (TPSA) is 23.8 Å². The zero-order valence-corrected chi connectivity index (χ0v) is 11.8. The Morgan fingerprint density at radius 1 is 1.35 bits per heavy atom. The van der Waals surface area contributed by atoms with Crippen LogP contribution < -0.4 is 0 Å². The van der Waals surface area contributed by atoms with Crippen molar-refractivity contribution in [2.24, 2.45) is 5.92 Å². The average molecular weight is 247 g/mol. The molecular weight excluding hydrogens is 226 g/mol. The summed E-state index contributed by atoms with van der Waals surface area (Å²) in [5.74, 6) is 2.04. The van der Waals surface area contributed by atoms with Crippen molar-refractivity contribution < 1.29 is 0 Å². The highest BCUT2D eigenvalue weighted by Gasteiger charge is 2.17. The maximum atomic E-state index is 8.96. The zero-order chi connectivity index (χ0) is 12.7. The normalized spacial score (nSPS) is 14.0. The van der Waals surface area contributed by atoms with E-state index in [2.05, 4.69) is 51.1 Å². The average Bonchev–Trinajstić information content (AvgIpc) is 2.36. The van der Waals surface area contributed by atoms with Crippen molar-refractivity contribution in [2.45, 2.75) is 44.4 Å². The van der Waals surface area contributed by atoms with Gasteiger partial charge in [-0.15, -0.1) is 11.8 Å². The number of hydrogen-bond donors (Lipinski definition) is 0. The van der Waals surface area contributed by atoms with Gasteiger partial charge in [-0.1, -0.05) is 39.3 Å². The lowest BCUT2D eigenvalue weighted by molar-refractivity contribution is 0.450. The minimum absolute atomic E-state index is 0.377. The van der Waals surface area contributed by atoms with Crippen LogP contribution in [-0.4, -0.2) is 5.75 Å². The molecule has 2 atom stereocenters. The SMILES string of the molecule is CCSc1cccc(C(CC#N)C(C)CC)c1. The van der Waals surface area contributed by atoms with Crippen LogP contribution in [0.2, 0.25) is 0 Å². The summed E-state index contributed by atoms with van der Waals surface area (Å²) in [6.45, 7) is 6.60. The molecule has 0 N–H and O–H groups in total. The fourth-order valence-corrected chi connectivity index (χ4v) is 2.76. The molecule has 2 unspecified atom stereocenters. The first kappa shape index (κ1) is 14.1. The van der Waals surface area contributed by atoms with Crippen LogP contribution in [0.5, 0.6) is 0 Å². The molecule has 0 radical (unpaired) electrons. The quantitative estimate of drug-likeness (QED) is 0.671. The summed E-state index contributed by atoms with van der Waals surface area (Å²) in [4.78, 5) is 1.32. The first-order chi connectivity index (χ1) is 8.22. The summed E-state index contributed by atoms with van der Waals surface area (Å²) in [5.41, 5.74) is 1.32. The molecule has 0 aliphatic rings. The van der Waals surface area contributed by atoms with Crippen LogP contribution in [0.1, 0.15) is 45.1 Å². The number of nitrogens with zero attached hydrogens (tertiary/aromatic N) is 1. The lowest BCUT2D eigenvalue weighted by atomic mass is 9.84. The molecule has 0 saturated heterocycles. The van der Waals surface area contributed by atoms with Crippen molar-refractivity contribution in [3.63, 3.8) is 0 Å². The molecule has 1 rings (SSSR count). The van der Waals surface area contributed by atoms with Gasteiger partial charge in [0.1, 0.15) is 0 Å². The second kappa shape index (κ2) is 7.40. The van der Waals surface area contributed by atoms with E-state index in [1.807, 2.05) is 11.8 Å². The van der Waals surface area contributed by atoms with Crippen molar-refractivity contribution in [3.8, 4) is 6.07 Å². The Hall–Kier alpha value is -0.940. The van der Waals surface area contributed by atoms with Crippen LogP contribution in [0.15, 0.2) is 29.2 Å². The van der Waals surface area contributed by atoms with E-state index in [0.717, 1.165) is 12.2 Å². The van der Waals surface area contributed by atoms with E-state index in [-0.39, 0.29) is 0 Å². The van der Waals surface area contributed by atoms with E-state index in [1.54, 1.807) is 0 Å². The van der Waals surface area contributed by atoms with Gasteiger partial charge in [0.2, 0.25) is 0 Å². The van der Waals surface area contributed by atoms with Gasteiger partial charge in [0, 0.05) is 11.3 Å². The minimum Gasteiger partial charge on any atom is -0.198 e. The molecule has 0 saturated carbocycles. The molecule has 0 bridgehead atoms. The number of thioether (sulfide) groups is 1. The fourth-order valence-electron chi connectivity index (χ4n) is 2.03. The summed E-state index contributed by atoms with van der Waals surface area (Å²) < 4.78 is 0. The molecule has 0 fully saturated rings. The molecule has 0 spiro atoms. The molecule has 1 nitrogen and oxygen atoms in total. The van der Waals surface area contributed by atoms with Crippen LogP contribution >= 0.6 is 11.8 Å². The molecule has 1 aromatic rings.